The van der Waals surface area contributed by atoms with Crippen molar-refractivity contribution in [3.8, 4) is 0 Å². The fourth-order valence-corrected chi connectivity index (χ4v) is 3.96. The van der Waals surface area contributed by atoms with Crippen LogP contribution in [-0.4, -0.2) is 26.2 Å². The Morgan fingerprint density at radius 3 is 3.00 bits per heavy atom. The van der Waals surface area contributed by atoms with Crippen molar-refractivity contribution in [3.63, 3.8) is 0 Å². The zero-order valence-corrected chi connectivity index (χ0v) is 11.3. The maximum absolute atomic E-state index is 4.33. The van der Waals surface area contributed by atoms with E-state index in [9.17, 15) is 0 Å². The Morgan fingerprint density at radius 1 is 1.35 bits per heavy atom. The van der Waals surface area contributed by atoms with Crippen molar-refractivity contribution >= 4 is 11.8 Å². The third-order valence-electron chi connectivity index (χ3n) is 3.55. The number of rotatable bonds is 2. The maximum Gasteiger partial charge on any atom is 0.210 e. The van der Waals surface area contributed by atoms with Gasteiger partial charge in [-0.3, -0.25) is 0 Å². The van der Waals surface area contributed by atoms with Crippen molar-refractivity contribution in [2.45, 2.75) is 62.4 Å². The molecule has 17 heavy (non-hydrogen) atoms. The summed E-state index contributed by atoms with van der Waals surface area (Å²) < 4.78 is 2.14. The van der Waals surface area contributed by atoms with Crippen molar-refractivity contribution in [1.29, 1.82) is 0 Å². The molecular formula is C12H20N4S. The second kappa shape index (κ2) is 4.52. The molecule has 1 aromatic heterocycles. The highest BCUT2D eigenvalue weighted by Crippen LogP contribution is 2.37. The van der Waals surface area contributed by atoms with Crippen LogP contribution in [0.3, 0.4) is 0 Å². The third kappa shape index (κ3) is 2.17. The predicted molar refractivity (Wildman–Crippen MR) is 69.8 cm³/mol. The van der Waals surface area contributed by atoms with Crippen molar-refractivity contribution in [1.82, 2.24) is 14.9 Å². The third-order valence-corrected chi connectivity index (χ3v) is 4.89. The molecule has 0 bridgehead atoms. The van der Waals surface area contributed by atoms with Gasteiger partial charge in [0.25, 0.3) is 0 Å². The number of hydrogen-bond donors (Lipinski definition) is 1. The van der Waals surface area contributed by atoms with E-state index in [2.05, 4.69) is 34.1 Å². The van der Waals surface area contributed by atoms with E-state index in [1.54, 1.807) is 0 Å². The fourth-order valence-electron chi connectivity index (χ4n) is 2.69. The van der Waals surface area contributed by atoms with Gasteiger partial charge in [-0.1, -0.05) is 38.5 Å². The lowest BCUT2D eigenvalue weighted by atomic mass is 9.95. The molecule has 5 heteroatoms. The van der Waals surface area contributed by atoms with Gasteiger partial charge < -0.3 is 5.43 Å². The van der Waals surface area contributed by atoms with Gasteiger partial charge in [0, 0.05) is 11.7 Å². The number of nitrogens with zero attached hydrogens (tertiary/aromatic N) is 3. The average molecular weight is 252 g/mol. The van der Waals surface area contributed by atoms with Crippen LogP contribution in [0.4, 0.5) is 0 Å². The van der Waals surface area contributed by atoms with Gasteiger partial charge in [-0.15, -0.1) is 10.2 Å². The molecule has 1 fully saturated rings. The van der Waals surface area contributed by atoms with E-state index < -0.39 is 0 Å². The summed E-state index contributed by atoms with van der Waals surface area (Å²) in [5.74, 6) is 1.71. The molecule has 0 amide bonds. The van der Waals surface area contributed by atoms with E-state index in [4.69, 9.17) is 0 Å². The van der Waals surface area contributed by atoms with Crippen LogP contribution in [0.1, 0.15) is 45.4 Å². The maximum atomic E-state index is 4.33. The quantitative estimate of drug-likeness (QED) is 0.878. The van der Waals surface area contributed by atoms with Crippen molar-refractivity contribution < 1.29 is 0 Å². The molecule has 4 nitrogen and oxygen atoms in total. The van der Waals surface area contributed by atoms with Gasteiger partial charge >= 0.3 is 0 Å². The summed E-state index contributed by atoms with van der Waals surface area (Å²) in [7, 11) is 0. The van der Waals surface area contributed by atoms with Gasteiger partial charge in [0.15, 0.2) is 5.82 Å². The molecule has 0 saturated heterocycles. The highest BCUT2D eigenvalue weighted by atomic mass is 32.2. The first-order valence-corrected chi connectivity index (χ1v) is 7.49. The molecule has 2 aliphatic rings. The molecule has 0 aromatic carbocycles. The van der Waals surface area contributed by atoms with Crippen LogP contribution in [0.25, 0.3) is 0 Å². The van der Waals surface area contributed by atoms with Gasteiger partial charge in [0.2, 0.25) is 5.16 Å². The van der Waals surface area contributed by atoms with Gasteiger partial charge in [-0.25, -0.2) is 4.68 Å². The Labute approximate surface area is 107 Å². The van der Waals surface area contributed by atoms with Gasteiger partial charge in [-0.05, 0) is 18.8 Å². The second-order valence-corrected chi connectivity index (χ2v) is 6.71. The van der Waals surface area contributed by atoms with Gasteiger partial charge in [0.05, 0.1) is 6.04 Å². The van der Waals surface area contributed by atoms with E-state index in [1.165, 1.54) is 25.7 Å². The van der Waals surface area contributed by atoms with E-state index >= 15 is 0 Å². The molecule has 0 radical (unpaired) electrons. The molecule has 2 atom stereocenters. The summed E-state index contributed by atoms with van der Waals surface area (Å²) in [5, 5.41) is 10.4. The summed E-state index contributed by atoms with van der Waals surface area (Å²) in [6.45, 7) is 4.45. The lowest BCUT2D eigenvalue weighted by molar-refractivity contribution is 0.425. The topological polar surface area (TPSA) is 42.7 Å². The van der Waals surface area contributed by atoms with Crippen LogP contribution in [0.15, 0.2) is 5.16 Å². The molecule has 1 aliphatic carbocycles. The number of nitrogens with one attached hydrogen (secondary N) is 1. The highest BCUT2D eigenvalue weighted by molar-refractivity contribution is 7.99. The molecule has 1 N–H and O–H groups in total. The van der Waals surface area contributed by atoms with Crippen molar-refractivity contribution in [2.75, 3.05) is 5.43 Å². The second-order valence-electron chi connectivity index (χ2n) is 5.51. The Morgan fingerprint density at radius 2 is 2.18 bits per heavy atom. The highest BCUT2D eigenvalue weighted by Gasteiger charge is 2.33. The van der Waals surface area contributed by atoms with E-state index in [1.807, 2.05) is 11.8 Å². The molecule has 1 saturated carbocycles. The lowest BCUT2D eigenvalue weighted by Gasteiger charge is -2.36. The number of thioether (sulfide) groups is 1. The predicted octanol–water partition coefficient (Wildman–Crippen LogP) is 2.44. The van der Waals surface area contributed by atoms with Gasteiger partial charge in [-0.2, -0.15) is 0 Å². The number of aromatic nitrogens is 3. The molecule has 1 aromatic rings. The summed E-state index contributed by atoms with van der Waals surface area (Å²) in [4.78, 5) is 0. The zero-order chi connectivity index (χ0) is 11.8. The van der Waals surface area contributed by atoms with E-state index in [-0.39, 0.29) is 0 Å². The summed E-state index contributed by atoms with van der Waals surface area (Å²) in [6, 6.07) is 0.614. The molecular weight excluding hydrogens is 232 g/mol. The Balaban J connectivity index is 1.83. The van der Waals surface area contributed by atoms with Crippen LogP contribution in [0, 0.1) is 5.92 Å². The largest absolute Gasteiger partial charge is 0.318 e. The SMILES string of the molecule is CC(C)Cc1nnc2n1NC1CCCCC1S2. The first kappa shape index (κ1) is 11.4. The Hall–Kier alpha value is -0.710. The first-order chi connectivity index (χ1) is 8.24. The Bertz CT molecular complexity index is 401. The summed E-state index contributed by atoms with van der Waals surface area (Å²) in [6.07, 6.45) is 6.32. The lowest BCUT2D eigenvalue weighted by Crippen LogP contribution is -2.43. The van der Waals surface area contributed by atoms with Crippen molar-refractivity contribution in [2.24, 2.45) is 5.92 Å². The van der Waals surface area contributed by atoms with Crippen molar-refractivity contribution in [3.05, 3.63) is 5.82 Å². The van der Waals surface area contributed by atoms with Crippen LogP contribution < -0.4 is 5.43 Å². The normalized spacial score (nSPS) is 27.5. The van der Waals surface area contributed by atoms with E-state index in [0.29, 0.717) is 17.2 Å². The number of hydrogen-bond acceptors (Lipinski definition) is 4. The van der Waals surface area contributed by atoms with Crippen LogP contribution >= 0.6 is 11.8 Å². The van der Waals surface area contributed by atoms with Crippen LogP contribution in [0.5, 0.6) is 0 Å². The minimum atomic E-state index is 0.614. The summed E-state index contributed by atoms with van der Waals surface area (Å²) >= 11 is 1.92. The Kier molecular flexibility index (Phi) is 3.03. The molecule has 2 unspecified atom stereocenters. The number of fused-ring (bicyclic) bond motifs is 2. The van der Waals surface area contributed by atoms with Crippen LogP contribution in [-0.2, 0) is 6.42 Å². The van der Waals surface area contributed by atoms with E-state index in [0.717, 1.165) is 17.4 Å². The fraction of sp³-hybridized carbons (Fsp3) is 0.833. The minimum absolute atomic E-state index is 0.614. The standard InChI is InChI=1S/C12H20N4S/c1-8(2)7-11-13-14-12-16(11)15-9-5-3-4-6-10(9)17-12/h8-10,15H,3-7H2,1-2H3. The average Bonchev–Trinajstić information content (AvgIpc) is 2.68. The monoisotopic (exact) mass is 252 g/mol. The summed E-state index contributed by atoms with van der Waals surface area (Å²) in [5.41, 5.74) is 3.62. The molecule has 0 spiro atoms. The van der Waals surface area contributed by atoms with Crippen LogP contribution in [0.2, 0.25) is 0 Å². The smallest absolute Gasteiger partial charge is 0.210 e. The first-order valence-electron chi connectivity index (χ1n) is 6.61. The minimum Gasteiger partial charge on any atom is -0.318 e. The molecule has 3 rings (SSSR count). The molecule has 2 heterocycles. The zero-order valence-electron chi connectivity index (χ0n) is 10.5. The molecule has 1 aliphatic heterocycles. The van der Waals surface area contributed by atoms with Gasteiger partial charge in [0.1, 0.15) is 0 Å². The molecule has 94 valence electrons.